The molecule has 5 heteroatoms. The van der Waals surface area contributed by atoms with E-state index in [9.17, 15) is 4.79 Å². The molecule has 1 aromatic carbocycles. The number of hydrogen-bond acceptors (Lipinski definition) is 4. The van der Waals surface area contributed by atoms with Crippen LogP contribution in [0.3, 0.4) is 0 Å². The highest BCUT2D eigenvalue weighted by Crippen LogP contribution is 2.27. The topological polar surface area (TPSA) is 51.2 Å². The van der Waals surface area contributed by atoms with Gasteiger partial charge in [0.2, 0.25) is 5.91 Å². The lowest BCUT2D eigenvalue weighted by molar-refractivity contribution is -0.119. The molecule has 0 atom stereocenters. The molecule has 0 unspecified atom stereocenters. The van der Waals surface area contributed by atoms with Crippen molar-refractivity contribution < 1.29 is 9.53 Å². The van der Waals surface area contributed by atoms with Gasteiger partial charge in [-0.1, -0.05) is 24.6 Å². The van der Waals surface area contributed by atoms with E-state index in [1.54, 1.807) is 7.11 Å². The fourth-order valence-electron chi connectivity index (χ4n) is 2.98. The number of carbonyl (C=O) groups is 1. The Hall–Kier alpha value is -1.75. The van der Waals surface area contributed by atoms with E-state index in [1.165, 1.54) is 24.6 Å². The third kappa shape index (κ3) is 3.96. The van der Waals surface area contributed by atoms with Crippen LogP contribution in [0.5, 0.6) is 5.75 Å². The molecule has 0 spiro atoms. The Labute approximate surface area is 141 Å². The molecule has 1 saturated carbocycles. The zero-order chi connectivity index (χ0) is 16.2. The van der Waals surface area contributed by atoms with Crippen molar-refractivity contribution in [1.29, 1.82) is 0 Å². The number of thioether (sulfide) groups is 1. The summed E-state index contributed by atoms with van der Waals surface area (Å²) in [6.45, 7) is 2.04. The fraction of sp³-hybridized carbons (Fsp3) is 0.444. The monoisotopic (exact) mass is 330 g/mol. The predicted molar refractivity (Wildman–Crippen MR) is 94.2 cm³/mol. The van der Waals surface area contributed by atoms with E-state index in [1.807, 2.05) is 25.1 Å². The lowest BCUT2D eigenvalue weighted by atomic mass is 10.2. The van der Waals surface area contributed by atoms with Crippen molar-refractivity contribution in [2.24, 2.45) is 0 Å². The van der Waals surface area contributed by atoms with Crippen LogP contribution in [-0.4, -0.2) is 29.8 Å². The van der Waals surface area contributed by atoms with Crippen molar-refractivity contribution in [3.63, 3.8) is 0 Å². The van der Waals surface area contributed by atoms with Crippen LogP contribution in [0.2, 0.25) is 0 Å². The number of amides is 1. The van der Waals surface area contributed by atoms with E-state index >= 15 is 0 Å². The summed E-state index contributed by atoms with van der Waals surface area (Å²) in [4.78, 5) is 16.8. The van der Waals surface area contributed by atoms with Crippen LogP contribution < -0.4 is 10.1 Å². The highest BCUT2D eigenvalue weighted by atomic mass is 32.2. The van der Waals surface area contributed by atoms with Crippen molar-refractivity contribution >= 4 is 28.6 Å². The smallest absolute Gasteiger partial charge is 0.230 e. The van der Waals surface area contributed by atoms with Crippen molar-refractivity contribution in [3.05, 3.63) is 29.8 Å². The highest BCUT2D eigenvalue weighted by molar-refractivity contribution is 7.99. The van der Waals surface area contributed by atoms with E-state index in [-0.39, 0.29) is 5.91 Å². The number of carbonyl (C=O) groups excluding carboxylic acids is 1. The Morgan fingerprint density at radius 3 is 2.87 bits per heavy atom. The molecule has 2 aromatic rings. The molecule has 0 radical (unpaired) electrons. The van der Waals surface area contributed by atoms with Crippen LogP contribution in [0.15, 0.2) is 29.3 Å². The van der Waals surface area contributed by atoms with Crippen LogP contribution in [0.4, 0.5) is 0 Å². The van der Waals surface area contributed by atoms with Gasteiger partial charge in [-0.3, -0.25) is 4.79 Å². The molecule has 0 bridgehead atoms. The number of fused-ring (bicyclic) bond motifs is 1. The summed E-state index contributed by atoms with van der Waals surface area (Å²) < 4.78 is 5.25. The van der Waals surface area contributed by atoms with E-state index in [4.69, 9.17) is 9.72 Å². The van der Waals surface area contributed by atoms with E-state index < -0.39 is 0 Å². The first-order valence-electron chi connectivity index (χ1n) is 8.03. The van der Waals surface area contributed by atoms with Gasteiger partial charge in [-0.05, 0) is 43.5 Å². The first-order valence-corrected chi connectivity index (χ1v) is 9.02. The van der Waals surface area contributed by atoms with Crippen LogP contribution >= 0.6 is 11.8 Å². The number of ether oxygens (including phenoxy) is 1. The third-order valence-corrected chi connectivity index (χ3v) is 5.32. The van der Waals surface area contributed by atoms with Gasteiger partial charge >= 0.3 is 0 Å². The molecule has 1 heterocycles. The summed E-state index contributed by atoms with van der Waals surface area (Å²) in [7, 11) is 1.65. The molecular formula is C18H22N2O2S. The van der Waals surface area contributed by atoms with Gasteiger partial charge in [0.15, 0.2) is 0 Å². The first kappa shape index (κ1) is 16.1. The van der Waals surface area contributed by atoms with Crippen molar-refractivity contribution in [2.75, 3.05) is 12.9 Å². The van der Waals surface area contributed by atoms with Gasteiger partial charge in [-0.15, -0.1) is 0 Å². The maximum absolute atomic E-state index is 12.1. The molecular weight excluding hydrogens is 308 g/mol. The van der Waals surface area contributed by atoms with Crippen molar-refractivity contribution in [3.8, 4) is 5.75 Å². The molecule has 23 heavy (non-hydrogen) atoms. The number of methoxy groups -OCH3 is 1. The van der Waals surface area contributed by atoms with E-state index in [0.717, 1.165) is 40.1 Å². The molecule has 122 valence electrons. The molecule has 1 amide bonds. The Morgan fingerprint density at radius 2 is 2.13 bits per heavy atom. The lowest BCUT2D eigenvalue weighted by Crippen LogP contribution is -2.33. The van der Waals surface area contributed by atoms with Crippen molar-refractivity contribution in [1.82, 2.24) is 10.3 Å². The minimum atomic E-state index is 0.105. The van der Waals surface area contributed by atoms with Crippen LogP contribution in [0, 0.1) is 6.92 Å². The molecule has 1 aromatic heterocycles. The summed E-state index contributed by atoms with van der Waals surface area (Å²) in [5.74, 6) is 1.32. The zero-order valence-electron chi connectivity index (χ0n) is 13.6. The molecule has 0 aliphatic heterocycles. The van der Waals surface area contributed by atoms with Gasteiger partial charge in [0, 0.05) is 17.5 Å². The zero-order valence-corrected chi connectivity index (χ0v) is 14.4. The molecule has 1 fully saturated rings. The minimum Gasteiger partial charge on any atom is -0.497 e. The number of aryl methyl sites for hydroxylation is 1. The van der Waals surface area contributed by atoms with Gasteiger partial charge in [0.05, 0.1) is 18.4 Å². The minimum absolute atomic E-state index is 0.105. The average Bonchev–Trinajstić information content (AvgIpc) is 3.05. The van der Waals surface area contributed by atoms with Gasteiger partial charge in [-0.25, -0.2) is 4.98 Å². The standard InChI is InChI=1S/C18H22N2O2S/c1-12-9-13-7-8-15(22-2)10-16(13)20-18(12)23-11-17(21)19-14-5-3-4-6-14/h7-10,14H,3-6,11H2,1-2H3,(H,19,21). The third-order valence-electron chi connectivity index (χ3n) is 4.23. The van der Waals surface area contributed by atoms with Gasteiger partial charge in [0.25, 0.3) is 0 Å². The molecule has 0 saturated heterocycles. The number of rotatable bonds is 5. The Balaban J connectivity index is 1.68. The normalized spacial score (nSPS) is 15.0. The molecule has 4 nitrogen and oxygen atoms in total. The molecule has 3 rings (SSSR count). The Kier molecular flexibility index (Phi) is 5.06. The fourth-order valence-corrected chi connectivity index (χ4v) is 3.78. The molecule has 1 aliphatic rings. The van der Waals surface area contributed by atoms with Crippen molar-refractivity contribution in [2.45, 2.75) is 43.7 Å². The van der Waals surface area contributed by atoms with Gasteiger partial charge in [-0.2, -0.15) is 0 Å². The van der Waals surface area contributed by atoms with Gasteiger partial charge in [0.1, 0.15) is 10.8 Å². The average molecular weight is 330 g/mol. The second-order valence-electron chi connectivity index (χ2n) is 6.01. The Bertz CT molecular complexity index is 711. The number of nitrogens with zero attached hydrogens (tertiary/aromatic N) is 1. The summed E-state index contributed by atoms with van der Waals surface area (Å²) in [6.07, 6.45) is 4.68. The predicted octanol–water partition coefficient (Wildman–Crippen LogP) is 3.70. The second-order valence-corrected chi connectivity index (χ2v) is 6.97. The lowest BCUT2D eigenvalue weighted by Gasteiger charge is -2.12. The highest BCUT2D eigenvalue weighted by Gasteiger charge is 2.17. The summed E-state index contributed by atoms with van der Waals surface area (Å²) in [6, 6.07) is 8.36. The van der Waals surface area contributed by atoms with E-state index in [2.05, 4.69) is 11.4 Å². The van der Waals surface area contributed by atoms with Gasteiger partial charge < -0.3 is 10.1 Å². The molecule has 1 aliphatic carbocycles. The SMILES string of the molecule is COc1ccc2cc(C)c(SCC(=O)NC3CCCC3)nc2c1. The Morgan fingerprint density at radius 1 is 1.35 bits per heavy atom. The summed E-state index contributed by atoms with van der Waals surface area (Å²) in [5.41, 5.74) is 2.00. The van der Waals surface area contributed by atoms with Crippen LogP contribution in [0.25, 0.3) is 10.9 Å². The number of aromatic nitrogens is 1. The quantitative estimate of drug-likeness (QED) is 0.849. The maximum Gasteiger partial charge on any atom is 0.230 e. The number of nitrogens with one attached hydrogen (secondary N) is 1. The molecule has 1 N–H and O–H groups in total. The largest absolute Gasteiger partial charge is 0.497 e. The number of pyridine rings is 1. The number of hydrogen-bond donors (Lipinski definition) is 1. The second kappa shape index (κ2) is 7.21. The first-order chi connectivity index (χ1) is 11.2. The van der Waals surface area contributed by atoms with Crippen LogP contribution in [0.1, 0.15) is 31.2 Å². The summed E-state index contributed by atoms with van der Waals surface area (Å²) >= 11 is 1.50. The number of benzene rings is 1. The maximum atomic E-state index is 12.1. The van der Waals surface area contributed by atoms with Crippen LogP contribution in [-0.2, 0) is 4.79 Å². The van der Waals surface area contributed by atoms with E-state index in [0.29, 0.717) is 11.8 Å². The summed E-state index contributed by atoms with van der Waals surface area (Å²) in [5, 5.41) is 5.11.